The van der Waals surface area contributed by atoms with Crippen LogP contribution in [0.15, 0.2) is 18.0 Å². The molecule has 3 heterocycles. The van der Waals surface area contributed by atoms with Gasteiger partial charge >= 0.3 is 0 Å². The van der Waals surface area contributed by atoms with Crippen molar-refractivity contribution in [1.29, 1.82) is 0 Å². The summed E-state index contributed by atoms with van der Waals surface area (Å²) in [6.07, 6.45) is 3.90. The van der Waals surface area contributed by atoms with Gasteiger partial charge in [0, 0.05) is 44.0 Å². The quantitative estimate of drug-likeness (QED) is 0.829. The van der Waals surface area contributed by atoms with Crippen LogP contribution >= 0.6 is 0 Å². The van der Waals surface area contributed by atoms with Gasteiger partial charge in [0.15, 0.2) is 9.84 Å². The zero-order valence-corrected chi connectivity index (χ0v) is 14.9. The fraction of sp³-hybridized carbons (Fsp3) is 0.688. The largest absolute Gasteiger partial charge is 0.348 e. The van der Waals surface area contributed by atoms with Gasteiger partial charge in [0.2, 0.25) is 0 Å². The number of H-pyrrole nitrogens is 1. The average molecular weight is 338 g/mol. The number of aromatic nitrogens is 2. The normalized spacial score (nSPS) is 27.8. The second kappa shape index (κ2) is 6.37. The Bertz CT molecular complexity index is 691. The van der Waals surface area contributed by atoms with Crippen LogP contribution in [-0.2, 0) is 16.4 Å². The van der Waals surface area contributed by atoms with Gasteiger partial charge in [0.25, 0.3) is 0 Å². The molecular weight excluding hydrogens is 312 g/mol. The van der Waals surface area contributed by atoms with Crippen LogP contribution in [0.25, 0.3) is 0 Å². The van der Waals surface area contributed by atoms with E-state index in [4.69, 9.17) is 0 Å². The summed E-state index contributed by atoms with van der Waals surface area (Å²) in [6, 6.07) is 0.180. The first-order chi connectivity index (χ1) is 10.9. The van der Waals surface area contributed by atoms with Crippen molar-refractivity contribution >= 4 is 9.84 Å². The Balaban J connectivity index is 1.78. The maximum atomic E-state index is 12.2. The van der Waals surface area contributed by atoms with Crippen LogP contribution in [0.5, 0.6) is 0 Å². The molecule has 0 aromatic carbocycles. The van der Waals surface area contributed by atoms with Gasteiger partial charge in [-0.15, -0.1) is 0 Å². The Kier molecular flexibility index (Phi) is 4.62. The van der Waals surface area contributed by atoms with Crippen molar-refractivity contribution in [2.45, 2.75) is 39.4 Å². The molecule has 0 saturated carbocycles. The molecule has 0 aliphatic carbocycles. The molecule has 23 heavy (non-hydrogen) atoms. The van der Waals surface area contributed by atoms with E-state index in [9.17, 15) is 8.42 Å². The van der Waals surface area contributed by atoms with E-state index in [1.807, 2.05) is 6.92 Å². The van der Waals surface area contributed by atoms with Gasteiger partial charge in [-0.3, -0.25) is 9.80 Å². The number of imidazole rings is 1. The number of rotatable bonds is 4. The molecule has 1 N–H and O–H groups in total. The Labute approximate surface area is 138 Å². The molecule has 1 aromatic rings. The molecular formula is C16H26N4O2S. The third-order valence-electron chi connectivity index (χ3n) is 4.93. The summed E-state index contributed by atoms with van der Waals surface area (Å²) in [5, 5.41) is 0. The number of piperazine rings is 1. The van der Waals surface area contributed by atoms with E-state index < -0.39 is 9.84 Å². The van der Waals surface area contributed by atoms with Crippen molar-refractivity contribution in [2.75, 3.05) is 31.1 Å². The van der Waals surface area contributed by atoms with Crippen molar-refractivity contribution in [3.63, 3.8) is 0 Å². The van der Waals surface area contributed by atoms with E-state index in [-0.39, 0.29) is 23.6 Å². The Morgan fingerprint density at radius 1 is 1.30 bits per heavy atom. The first-order valence-corrected chi connectivity index (χ1v) is 9.98. The van der Waals surface area contributed by atoms with E-state index in [0.717, 1.165) is 37.6 Å². The Morgan fingerprint density at radius 3 is 2.57 bits per heavy atom. The predicted molar refractivity (Wildman–Crippen MR) is 91.0 cm³/mol. The van der Waals surface area contributed by atoms with Gasteiger partial charge in [-0.2, -0.15) is 0 Å². The summed E-state index contributed by atoms with van der Waals surface area (Å²) in [5.74, 6) is 0.552. The van der Waals surface area contributed by atoms with Crippen molar-refractivity contribution in [1.82, 2.24) is 19.8 Å². The zero-order chi connectivity index (χ0) is 16.6. The van der Waals surface area contributed by atoms with Crippen LogP contribution < -0.4 is 0 Å². The van der Waals surface area contributed by atoms with E-state index >= 15 is 0 Å². The number of nitrogens with zero attached hydrogens (tertiary/aromatic N) is 3. The van der Waals surface area contributed by atoms with Crippen molar-refractivity contribution in [2.24, 2.45) is 0 Å². The van der Waals surface area contributed by atoms with E-state index in [1.54, 1.807) is 6.33 Å². The standard InChI is InChI=1S/C16H26N4O2S/c1-12(2)4-5-19-6-7-20(8-14-13(3)17-11-18-14)16-10-23(21,22)9-15(16)19/h4,11,15-16H,5-10H2,1-3H3,(H,17,18)/t15-,16+/m0/s1. The highest BCUT2D eigenvalue weighted by atomic mass is 32.2. The molecule has 128 valence electrons. The minimum Gasteiger partial charge on any atom is -0.348 e. The lowest BCUT2D eigenvalue weighted by molar-refractivity contribution is 0.0469. The molecule has 1 aromatic heterocycles. The number of aromatic amines is 1. The minimum absolute atomic E-state index is 0.0791. The number of sulfone groups is 1. The molecule has 2 aliphatic rings. The SMILES string of the molecule is CC(C)=CCN1CCN(Cc2nc[nH]c2C)[C@@H]2CS(=O)(=O)C[C@@H]21. The van der Waals surface area contributed by atoms with Crippen LogP contribution in [0.2, 0.25) is 0 Å². The third kappa shape index (κ3) is 3.67. The Hall–Kier alpha value is -1.18. The molecule has 0 radical (unpaired) electrons. The zero-order valence-electron chi connectivity index (χ0n) is 14.1. The second-order valence-electron chi connectivity index (χ2n) is 6.93. The number of hydrogen-bond acceptors (Lipinski definition) is 5. The van der Waals surface area contributed by atoms with Gasteiger partial charge < -0.3 is 4.98 Å². The summed E-state index contributed by atoms with van der Waals surface area (Å²) in [4.78, 5) is 12.1. The fourth-order valence-corrected chi connectivity index (χ4v) is 5.60. The molecule has 2 fully saturated rings. The van der Waals surface area contributed by atoms with Gasteiger partial charge in [0.1, 0.15) is 0 Å². The smallest absolute Gasteiger partial charge is 0.153 e. The fourth-order valence-electron chi connectivity index (χ4n) is 3.56. The minimum atomic E-state index is -2.95. The summed E-state index contributed by atoms with van der Waals surface area (Å²) >= 11 is 0. The van der Waals surface area contributed by atoms with Crippen molar-refractivity contribution < 1.29 is 8.42 Å². The molecule has 0 spiro atoms. The highest BCUT2D eigenvalue weighted by molar-refractivity contribution is 7.91. The molecule has 2 aliphatic heterocycles. The molecule has 2 saturated heterocycles. The van der Waals surface area contributed by atoms with Gasteiger partial charge in [-0.1, -0.05) is 11.6 Å². The molecule has 0 amide bonds. The van der Waals surface area contributed by atoms with Crippen LogP contribution in [-0.4, -0.2) is 71.4 Å². The van der Waals surface area contributed by atoms with Crippen molar-refractivity contribution in [3.8, 4) is 0 Å². The summed E-state index contributed by atoms with van der Waals surface area (Å²) in [7, 11) is -2.95. The van der Waals surface area contributed by atoms with Gasteiger partial charge in [0.05, 0.1) is 23.5 Å². The van der Waals surface area contributed by atoms with E-state index in [1.165, 1.54) is 5.57 Å². The van der Waals surface area contributed by atoms with Crippen LogP contribution in [0.3, 0.4) is 0 Å². The Morgan fingerprint density at radius 2 is 1.96 bits per heavy atom. The molecule has 6 nitrogen and oxygen atoms in total. The highest BCUT2D eigenvalue weighted by Crippen LogP contribution is 2.28. The first kappa shape index (κ1) is 16.7. The molecule has 0 bridgehead atoms. The van der Waals surface area contributed by atoms with Crippen LogP contribution in [0.4, 0.5) is 0 Å². The van der Waals surface area contributed by atoms with Crippen LogP contribution in [0.1, 0.15) is 25.2 Å². The summed E-state index contributed by atoms with van der Waals surface area (Å²) < 4.78 is 24.4. The monoisotopic (exact) mass is 338 g/mol. The molecule has 3 rings (SSSR count). The molecule has 2 atom stereocenters. The lowest BCUT2D eigenvalue weighted by Gasteiger charge is -2.43. The van der Waals surface area contributed by atoms with Crippen LogP contribution in [0, 0.1) is 6.92 Å². The lowest BCUT2D eigenvalue weighted by Crippen LogP contribution is -2.58. The number of fused-ring (bicyclic) bond motifs is 1. The number of aryl methyl sites for hydroxylation is 1. The highest BCUT2D eigenvalue weighted by Gasteiger charge is 2.46. The number of hydrogen-bond donors (Lipinski definition) is 1. The average Bonchev–Trinajstić information content (AvgIpc) is 3.00. The third-order valence-corrected chi connectivity index (χ3v) is 6.63. The summed E-state index contributed by atoms with van der Waals surface area (Å²) in [6.45, 7) is 9.54. The maximum Gasteiger partial charge on any atom is 0.153 e. The van der Waals surface area contributed by atoms with E-state index in [0.29, 0.717) is 0 Å². The van der Waals surface area contributed by atoms with E-state index in [2.05, 4.69) is 39.7 Å². The van der Waals surface area contributed by atoms with Crippen molar-refractivity contribution in [3.05, 3.63) is 29.4 Å². The molecule has 7 heteroatoms. The summed E-state index contributed by atoms with van der Waals surface area (Å²) in [5.41, 5.74) is 3.36. The van der Waals surface area contributed by atoms with Gasteiger partial charge in [-0.25, -0.2) is 13.4 Å². The predicted octanol–water partition coefficient (Wildman–Crippen LogP) is 0.968. The number of allylic oxidation sites excluding steroid dienone is 1. The topological polar surface area (TPSA) is 69.3 Å². The van der Waals surface area contributed by atoms with Gasteiger partial charge in [-0.05, 0) is 20.8 Å². The number of nitrogens with one attached hydrogen (secondary N) is 1. The maximum absolute atomic E-state index is 12.2. The molecule has 0 unspecified atom stereocenters. The first-order valence-electron chi connectivity index (χ1n) is 8.16. The lowest BCUT2D eigenvalue weighted by atomic mass is 10.0. The second-order valence-corrected chi connectivity index (χ2v) is 9.09.